The summed E-state index contributed by atoms with van der Waals surface area (Å²) in [6, 6.07) is 29.4. The molecule has 1 unspecified atom stereocenters. The Morgan fingerprint density at radius 2 is 1.39 bits per heavy atom. The molecule has 0 radical (unpaired) electrons. The first kappa shape index (κ1) is 28.8. The summed E-state index contributed by atoms with van der Waals surface area (Å²) in [5.41, 5.74) is 3.32. The Hall–Kier alpha value is -5.18. The van der Waals surface area contributed by atoms with Crippen LogP contribution in [0.4, 0.5) is 10.5 Å². The molecule has 41 heavy (non-hydrogen) atoms. The third-order valence-corrected chi connectivity index (χ3v) is 6.45. The number of hydrogen-bond donors (Lipinski definition) is 5. The molecule has 9 heteroatoms. The zero-order valence-corrected chi connectivity index (χ0v) is 22.4. The van der Waals surface area contributed by atoms with Gasteiger partial charge in [0, 0.05) is 18.7 Å². The second-order valence-electron chi connectivity index (χ2n) is 9.53. The number of hydrogen-bond acceptors (Lipinski definition) is 4. The highest BCUT2D eigenvalue weighted by Crippen LogP contribution is 2.23. The van der Waals surface area contributed by atoms with E-state index >= 15 is 0 Å². The first-order chi connectivity index (χ1) is 19.9. The molecule has 4 aromatic rings. The molecule has 4 amide bonds. The highest BCUT2D eigenvalue weighted by atomic mass is 16.4. The monoisotopic (exact) mass is 552 g/mol. The normalized spacial score (nSPS) is 11.3. The molecule has 4 rings (SSSR count). The van der Waals surface area contributed by atoms with E-state index in [0.717, 1.165) is 21.9 Å². The first-order valence-corrected chi connectivity index (χ1v) is 13.3. The molecule has 0 heterocycles. The highest BCUT2D eigenvalue weighted by molar-refractivity contribution is 5.93. The standard InChI is InChI=1S/C32H32N4O5/c37-29(11-6-18-33-32(41)35-27-17-16-23-9-4-5-10-26(23)19-27)34-21-30(38)36-28(20-31(39)40)25-14-12-24(13-15-25)22-7-2-1-3-8-22/h1-5,7-10,12-17,19,28H,6,11,18,20-21H2,(H,34,37)(H,36,38)(H,39,40)(H2,33,35,41). The van der Waals surface area contributed by atoms with Crippen molar-refractivity contribution in [2.45, 2.75) is 25.3 Å². The molecule has 0 aromatic heterocycles. The van der Waals surface area contributed by atoms with Crippen LogP contribution < -0.4 is 21.3 Å². The molecule has 0 spiro atoms. The minimum Gasteiger partial charge on any atom is -0.481 e. The van der Waals surface area contributed by atoms with E-state index in [1.54, 1.807) is 12.1 Å². The van der Waals surface area contributed by atoms with Crippen LogP contribution in [0, 0.1) is 0 Å². The molecule has 0 aliphatic rings. The quantitative estimate of drug-likeness (QED) is 0.160. The molecule has 0 saturated carbocycles. The summed E-state index contributed by atoms with van der Waals surface area (Å²) in [6.07, 6.45) is 0.203. The lowest BCUT2D eigenvalue weighted by Gasteiger charge is -2.18. The molecule has 0 saturated heterocycles. The molecule has 0 fully saturated rings. The van der Waals surface area contributed by atoms with E-state index in [-0.39, 0.29) is 37.9 Å². The number of carbonyl (C=O) groups is 4. The van der Waals surface area contributed by atoms with Crippen LogP contribution in [-0.2, 0) is 14.4 Å². The van der Waals surface area contributed by atoms with Crippen molar-refractivity contribution in [3.8, 4) is 11.1 Å². The number of carbonyl (C=O) groups excluding carboxylic acids is 3. The van der Waals surface area contributed by atoms with Crippen LogP contribution in [0.25, 0.3) is 21.9 Å². The van der Waals surface area contributed by atoms with Gasteiger partial charge in [-0.3, -0.25) is 14.4 Å². The van der Waals surface area contributed by atoms with Crippen LogP contribution in [0.2, 0.25) is 0 Å². The number of benzene rings is 4. The van der Waals surface area contributed by atoms with Crippen LogP contribution in [0.15, 0.2) is 97.1 Å². The van der Waals surface area contributed by atoms with E-state index in [1.807, 2.05) is 84.9 Å². The lowest BCUT2D eigenvalue weighted by Crippen LogP contribution is -2.39. The van der Waals surface area contributed by atoms with E-state index in [0.29, 0.717) is 17.7 Å². The van der Waals surface area contributed by atoms with Gasteiger partial charge in [0.2, 0.25) is 11.8 Å². The van der Waals surface area contributed by atoms with E-state index in [2.05, 4.69) is 21.3 Å². The third-order valence-electron chi connectivity index (χ3n) is 6.45. The summed E-state index contributed by atoms with van der Waals surface area (Å²) in [7, 11) is 0. The molecule has 5 N–H and O–H groups in total. The zero-order chi connectivity index (χ0) is 29.0. The van der Waals surface area contributed by atoms with Crippen LogP contribution in [-0.4, -0.2) is 42.0 Å². The molecule has 1 atom stereocenters. The van der Waals surface area contributed by atoms with Gasteiger partial charge in [-0.15, -0.1) is 0 Å². The van der Waals surface area contributed by atoms with Crippen LogP contribution in [0.5, 0.6) is 0 Å². The number of amides is 4. The van der Waals surface area contributed by atoms with E-state index < -0.39 is 17.9 Å². The average Bonchev–Trinajstić information content (AvgIpc) is 2.98. The lowest BCUT2D eigenvalue weighted by molar-refractivity contribution is -0.138. The van der Waals surface area contributed by atoms with Crippen molar-refractivity contribution in [3.05, 3.63) is 103 Å². The average molecular weight is 553 g/mol. The van der Waals surface area contributed by atoms with Gasteiger partial charge in [-0.05, 0) is 46.0 Å². The Labute approximate surface area is 238 Å². The van der Waals surface area contributed by atoms with E-state index in [9.17, 15) is 24.3 Å². The fourth-order valence-corrected chi connectivity index (χ4v) is 4.37. The SMILES string of the molecule is O=C(O)CC(NC(=O)CNC(=O)CCCNC(=O)Nc1ccc2ccccc2c1)c1ccc(-c2ccccc2)cc1. The first-order valence-electron chi connectivity index (χ1n) is 13.3. The number of urea groups is 1. The Morgan fingerprint density at radius 1 is 0.707 bits per heavy atom. The van der Waals surface area contributed by atoms with Gasteiger partial charge in [0.1, 0.15) is 0 Å². The number of anilines is 1. The number of aliphatic carboxylic acids is 1. The van der Waals surface area contributed by atoms with Crippen molar-refractivity contribution in [2.75, 3.05) is 18.4 Å². The summed E-state index contributed by atoms with van der Waals surface area (Å²) in [5, 5.41) is 22.2. The fourth-order valence-electron chi connectivity index (χ4n) is 4.37. The van der Waals surface area contributed by atoms with Gasteiger partial charge >= 0.3 is 12.0 Å². The second kappa shape index (κ2) is 14.3. The fraction of sp³-hybridized carbons (Fsp3) is 0.188. The summed E-state index contributed by atoms with van der Waals surface area (Å²) >= 11 is 0. The largest absolute Gasteiger partial charge is 0.481 e. The van der Waals surface area contributed by atoms with Crippen molar-refractivity contribution in [2.24, 2.45) is 0 Å². The molecule has 9 nitrogen and oxygen atoms in total. The van der Waals surface area contributed by atoms with E-state index in [4.69, 9.17) is 0 Å². The molecule has 0 aliphatic heterocycles. The van der Waals surface area contributed by atoms with Gasteiger partial charge in [-0.25, -0.2) is 4.79 Å². The minimum atomic E-state index is -1.05. The Balaban J connectivity index is 1.17. The molecular weight excluding hydrogens is 520 g/mol. The molecule has 4 aromatic carbocycles. The van der Waals surface area contributed by atoms with Gasteiger partial charge in [0.15, 0.2) is 0 Å². The zero-order valence-electron chi connectivity index (χ0n) is 22.4. The minimum absolute atomic E-state index is 0.114. The molecule has 0 bridgehead atoms. The maximum Gasteiger partial charge on any atom is 0.319 e. The van der Waals surface area contributed by atoms with Gasteiger partial charge in [-0.1, -0.05) is 84.9 Å². The van der Waals surface area contributed by atoms with Crippen molar-refractivity contribution in [3.63, 3.8) is 0 Å². The van der Waals surface area contributed by atoms with Crippen molar-refractivity contribution < 1.29 is 24.3 Å². The van der Waals surface area contributed by atoms with Crippen LogP contribution in [0.3, 0.4) is 0 Å². The van der Waals surface area contributed by atoms with Crippen molar-refractivity contribution >= 4 is 40.3 Å². The number of carboxylic acid groups (broad SMARTS) is 1. The molecule has 0 aliphatic carbocycles. The topological polar surface area (TPSA) is 137 Å². The number of rotatable bonds is 12. The molecular formula is C32H32N4O5. The number of carboxylic acids is 1. The number of fused-ring (bicyclic) bond motifs is 1. The predicted octanol–water partition coefficient (Wildman–Crippen LogP) is 4.86. The number of nitrogens with one attached hydrogen (secondary N) is 4. The maximum atomic E-state index is 12.5. The Kier molecular flexibility index (Phi) is 10.0. The van der Waals surface area contributed by atoms with Crippen molar-refractivity contribution in [1.29, 1.82) is 0 Å². The molecule has 210 valence electrons. The smallest absolute Gasteiger partial charge is 0.319 e. The van der Waals surface area contributed by atoms with Crippen molar-refractivity contribution in [1.82, 2.24) is 16.0 Å². The Morgan fingerprint density at radius 3 is 2.12 bits per heavy atom. The lowest BCUT2D eigenvalue weighted by atomic mass is 9.99. The van der Waals surface area contributed by atoms with Gasteiger partial charge in [0.05, 0.1) is 19.0 Å². The summed E-state index contributed by atoms with van der Waals surface area (Å²) in [6.45, 7) is -0.00831. The Bertz CT molecular complexity index is 1510. The van der Waals surface area contributed by atoms with E-state index in [1.165, 1.54) is 0 Å². The summed E-state index contributed by atoms with van der Waals surface area (Å²) in [5.74, 6) is -1.90. The maximum absolute atomic E-state index is 12.5. The van der Waals surface area contributed by atoms with Crippen LogP contribution in [0.1, 0.15) is 30.9 Å². The predicted molar refractivity (Wildman–Crippen MR) is 158 cm³/mol. The van der Waals surface area contributed by atoms with Gasteiger partial charge in [-0.2, -0.15) is 0 Å². The highest BCUT2D eigenvalue weighted by Gasteiger charge is 2.18. The summed E-state index contributed by atoms with van der Waals surface area (Å²) in [4.78, 5) is 48.3. The third kappa shape index (κ3) is 8.93. The van der Waals surface area contributed by atoms with Gasteiger partial charge < -0.3 is 26.4 Å². The van der Waals surface area contributed by atoms with Crippen LogP contribution >= 0.6 is 0 Å². The summed E-state index contributed by atoms with van der Waals surface area (Å²) < 4.78 is 0. The second-order valence-corrected chi connectivity index (χ2v) is 9.53. The van der Waals surface area contributed by atoms with Gasteiger partial charge in [0.25, 0.3) is 0 Å².